The maximum atomic E-state index is 3.40. The molecule has 1 saturated heterocycles. The van der Waals surface area contributed by atoms with Gasteiger partial charge in [-0.2, -0.15) is 0 Å². The Hall–Kier alpha value is 0.500. The Morgan fingerprint density at radius 2 is 1.71 bits per heavy atom. The predicted molar refractivity (Wildman–Crippen MR) is 67.9 cm³/mol. The first-order valence-corrected chi connectivity index (χ1v) is 5.14. The second kappa shape index (κ2) is 10.0. The minimum absolute atomic E-state index is 0. The number of nitrogens with one attached hydrogen (secondary N) is 1. The van der Waals surface area contributed by atoms with Crippen LogP contribution >= 0.6 is 24.8 Å². The lowest BCUT2D eigenvalue weighted by Crippen LogP contribution is -2.28. The first-order valence-electron chi connectivity index (χ1n) is 5.14. The molecular formula is C10H24Cl2N2. The number of halogens is 2. The third kappa shape index (κ3) is 7.86. The molecule has 0 spiro atoms. The van der Waals surface area contributed by atoms with E-state index in [0.29, 0.717) is 0 Å². The summed E-state index contributed by atoms with van der Waals surface area (Å²) in [5.41, 5.74) is 0. The zero-order chi connectivity index (χ0) is 8.81. The van der Waals surface area contributed by atoms with Crippen LogP contribution in [0.3, 0.4) is 0 Å². The number of hydrogen-bond donors (Lipinski definition) is 1. The van der Waals surface area contributed by atoms with E-state index >= 15 is 0 Å². The molecule has 0 radical (unpaired) electrons. The quantitative estimate of drug-likeness (QED) is 0.814. The summed E-state index contributed by atoms with van der Waals surface area (Å²) in [4.78, 5) is 2.28. The van der Waals surface area contributed by atoms with Crippen LogP contribution in [0.25, 0.3) is 0 Å². The van der Waals surface area contributed by atoms with Gasteiger partial charge in [-0.15, -0.1) is 24.8 Å². The lowest BCUT2D eigenvalue weighted by molar-refractivity contribution is 0.317. The highest BCUT2D eigenvalue weighted by Gasteiger charge is 2.11. The zero-order valence-electron chi connectivity index (χ0n) is 9.29. The standard InChI is InChI=1S/C10H22N2.2ClH/c1-12(2)9-3-4-10-5-7-11-8-6-10;;/h10-11H,3-9H2,1-2H3;2*1H. The normalized spacial score (nSPS) is 17.4. The largest absolute Gasteiger partial charge is 0.317 e. The van der Waals surface area contributed by atoms with Crippen molar-refractivity contribution in [3.05, 3.63) is 0 Å². The number of rotatable bonds is 4. The van der Waals surface area contributed by atoms with Crippen LogP contribution in [0.2, 0.25) is 0 Å². The molecule has 0 aromatic rings. The van der Waals surface area contributed by atoms with Crippen molar-refractivity contribution in [2.24, 2.45) is 5.92 Å². The summed E-state index contributed by atoms with van der Waals surface area (Å²) in [5.74, 6) is 1.01. The van der Waals surface area contributed by atoms with E-state index in [2.05, 4.69) is 24.3 Å². The van der Waals surface area contributed by atoms with Crippen LogP contribution < -0.4 is 5.32 Å². The van der Waals surface area contributed by atoms with Gasteiger partial charge in [0.2, 0.25) is 0 Å². The van der Waals surface area contributed by atoms with Gasteiger partial charge in [0.15, 0.2) is 0 Å². The summed E-state index contributed by atoms with van der Waals surface area (Å²) in [6, 6.07) is 0. The van der Waals surface area contributed by atoms with Crippen molar-refractivity contribution in [1.29, 1.82) is 0 Å². The molecule has 0 aromatic heterocycles. The fraction of sp³-hybridized carbons (Fsp3) is 1.00. The van der Waals surface area contributed by atoms with Crippen molar-refractivity contribution < 1.29 is 0 Å². The minimum atomic E-state index is 0. The van der Waals surface area contributed by atoms with Gasteiger partial charge in [0, 0.05) is 0 Å². The molecule has 0 amide bonds. The lowest BCUT2D eigenvalue weighted by Gasteiger charge is -2.22. The van der Waals surface area contributed by atoms with E-state index in [4.69, 9.17) is 0 Å². The fourth-order valence-corrected chi connectivity index (χ4v) is 1.87. The molecule has 2 nitrogen and oxygen atoms in total. The highest BCUT2D eigenvalue weighted by Crippen LogP contribution is 2.17. The number of hydrogen-bond acceptors (Lipinski definition) is 2. The van der Waals surface area contributed by atoms with Crippen molar-refractivity contribution in [3.63, 3.8) is 0 Å². The van der Waals surface area contributed by atoms with Crippen LogP contribution in [0.1, 0.15) is 25.7 Å². The second-order valence-electron chi connectivity index (χ2n) is 4.14. The second-order valence-corrected chi connectivity index (χ2v) is 4.14. The molecule has 14 heavy (non-hydrogen) atoms. The number of nitrogens with zero attached hydrogens (tertiary/aromatic N) is 1. The summed E-state index contributed by atoms with van der Waals surface area (Å²) in [5, 5.41) is 3.40. The highest BCUT2D eigenvalue weighted by atomic mass is 35.5. The van der Waals surface area contributed by atoms with E-state index in [1.165, 1.54) is 45.3 Å². The molecule has 1 fully saturated rings. The van der Waals surface area contributed by atoms with E-state index in [0.717, 1.165) is 5.92 Å². The van der Waals surface area contributed by atoms with Crippen LogP contribution in [-0.2, 0) is 0 Å². The van der Waals surface area contributed by atoms with Crippen LogP contribution in [-0.4, -0.2) is 38.6 Å². The van der Waals surface area contributed by atoms with Crippen LogP contribution in [0.15, 0.2) is 0 Å². The van der Waals surface area contributed by atoms with Gasteiger partial charge in [-0.25, -0.2) is 0 Å². The number of piperidine rings is 1. The molecule has 0 aromatic carbocycles. The molecule has 0 atom stereocenters. The Bertz CT molecular complexity index is 115. The van der Waals surface area contributed by atoms with E-state index in [1.807, 2.05) is 0 Å². The molecule has 1 aliphatic heterocycles. The summed E-state index contributed by atoms with van der Waals surface area (Å²) >= 11 is 0. The maximum Gasteiger partial charge on any atom is -0.00247 e. The van der Waals surface area contributed by atoms with Gasteiger partial charge >= 0.3 is 0 Å². The molecular weight excluding hydrogens is 219 g/mol. The molecule has 1 heterocycles. The van der Waals surface area contributed by atoms with Crippen molar-refractivity contribution >= 4 is 24.8 Å². The molecule has 1 aliphatic rings. The van der Waals surface area contributed by atoms with E-state index in [9.17, 15) is 0 Å². The molecule has 88 valence electrons. The Morgan fingerprint density at radius 3 is 2.21 bits per heavy atom. The Morgan fingerprint density at radius 1 is 1.14 bits per heavy atom. The molecule has 1 N–H and O–H groups in total. The van der Waals surface area contributed by atoms with Gasteiger partial charge in [-0.3, -0.25) is 0 Å². The van der Waals surface area contributed by atoms with Gasteiger partial charge in [0.25, 0.3) is 0 Å². The zero-order valence-corrected chi connectivity index (χ0v) is 10.9. The molecule has 1 rings (SSSR count). The minimum Gasteiger partial charge on any atom is -0.317 e. The third-order valence-electron chi connectivity index (χ3n) is 2.68. The topological polar surface area (TPSA) is 15.3 Å². The van der Waals surface area contributed by atoms with Crippen LogP contribution in [0.5, 0.6) is 0 Å². The summed E-state index contributed by atoms with van der Waals surface area (Å²) in [6.07, 6.45) is 5.60. The van der Waals surface area contributed by atoms with Gasteiger partial charge in [0.1, 0.15) is 0 Å². The fourth-order valence-electron chi connectivity index (χ4n) is 1.87. The van der Waals surface area contributed by atoms with Crippen LogP contribution in [0, 0.1) is 5.92 Å². The SMILES string of the molecule is CN(C)CCCC1CCNCC1.Cl.Cl. The maximum absolute atomic E-state index is 3.40. The molecule has 0 unspecified atom stereocenters. The monoisotopic (exact) mass is 242 g/mol. The van der Waals surface area contributed by atoms with E-state index in [1.54, 1.807) is 0 Å². The first-order chi connectivity index (χ1) is 5.79. The van der Waals surface area contributed by atoms with Crippen LogP contribution in [0.4, 0.5) is 0 Å². The van der Waals surface area contributed by atoms with E-state index < -0.39 is 0 Å². The lowest BCUT2D eigenvalue weighted by atomic mass is 9.93. The van der Waals surface area contributed by atoms with E-state index in [-0.39, 0.29) is 24.8 Å². The highest BCUT2D eigenvalue weighted by molar-refractivity contribution is 5.85. The summed E-state index contributed by atoms with van der Waals surface area (Å²) < 4.78 is 0. The first kappa shape index (κ1) is 16.9. The van der Waals surface area contributed by atoms with Gasteiger partial charge in [0.05, 0.1) is 0 Å². The molecule has 0 bridgehead atoms. The molecule has 0 aliphatic carbocycles. The summed E-state index contributed by atoms with van der Waals surface area (Å²) in [6.45, 7) is 3.74. The van der Waals surface area contributed by atoms with Crippen molar-refractivity contribution in [2.75, 3.05) is 33.7 Å². The average molecular weight is 243 g/mol. The third-order valence-corrected chi connectivity index (χ3v) is 2.68. The Labute approximate surface area is 101 Å². The molecule has 0 saturated carbocycles. The van der Waals surface area contributed by atoms with Gasteiger partial charge in [-0.1, -0.05) is 0 Å². The summed E-state index contributed by atoms with van der Waals surface area (Å²) in [7, 11) is 4.31. The Balaban J connectivity index is 0. The van der Waals surface area contributed by atoms with Crippen molar-refractivity contribution in [3.8, 4) is 0 Å². The van der Waals surface area contributed by atoms with Gasteiger partial charge < -0.3 is 10.2 Å². The van der Waals surface area contributed by atoms with Crippen molar-refractivity contribution in [1.82, 2.24) is 10.2 Å². The predicted octanol–water partition coefficient (Wildman–Crippen LogP) is 2.17. The molecule has 4 heteroatoms. The smallest absolute Gasteiger partial charge is 0.00247 e. The van der Waals surface area contributed by atoms with Crippen molar-refractivity contribution in [2.45, 2.75) is 25.7 Å². The Kier molecular flexibility index (Phi) is 12.1. The van der Waals surface area contributed by atoms with Gasteiger partial charge in [-0.05, 0) is 65.3 Å². The average Bonchev–Trinajstić information content (AvgIpc) is 2.05.